The number of benzene rings is 2. The van der Waals surface area contributed by atoms with Gasteiger partial charge in [-0.2, -0.15) is 0 Å². The molecule has 0 spiro atoms. The number of nitrogens with one attached hydrogen (secondary N) is 1. The van der Waals surface area contributed by atoms with Crippen LogP contribution in [0.25, 0.3) is 11.0 Å². The fraction of sp³-hybridized carbons (Fsp3) is 0.125. The van der Waals surface area contributed by atoms with Crippen molar-refractivity contribution in [3.63, 3.8) is 0 Å². The lowest BCUT2D eigenvalue weighted by atomic mass is 10.1. The van der Waals surface area contributed by atoms with Crippen LogP contribution in [0.3, 0.4) is 0 Å². The van der Waals surface area contributed by atoms with Crippen molar-refractivity contribution in [1.82, 2.24) is 9.97 Å². The van der Waals surface area contributed by atoms with E-state index in [1.54, 1.807) is 18.5 Å². The first kappa shape index (κ1) is 13.3. The van der Waals surface area contributed by atoms with Gasteiger partial charge in [-0.15, -0.1) is 0 Å². The van der Waals surface area contributed by atoms with E-state index in [9.17, 15) is 9.50 Å². The molecule has 106 valence electrons. The minimum atomic E-state index is -0.435. The van der Waals surface area contributed by atoms with Crippen molar-refractivity contribution in [2.45, 2.75) is 13.0 Å². The molecule has 0 aliphatic heterocycles. The number of hydrogen-bond acceptors (Lipinski definition) is 4. The number of phenolic OH excluding ortho intramolecular Hbond substituents is 1. The molecule has 5 heteroatoms. The molecule has 0 amide bonds. The maximum Gasteiger partial charge on any atom is 0.132 e. The molecule has 3 rings (SSSR count). The Labute approximate surface area is 121 Å². The summed E-state index contributed by atoms with van der Waals surface area (Å²) in [4.78, 5) is 8.45. The van der Waals surface area contributed by atoms with Gasteiger partial charge in [0.25, 0.3) is 0 Å². The Hall–Kier alpha value is -2.69. The zero-order valence-corrected chi connectivity index (χ0v) is 11.4. The fourth-order valence-electron chi connectivity index (χ4n) is 2.25. The zero-order chi connectivity index (χ0) is 14.8. The summed E-state index contributed by atoms with van der Waals surface area (Å²) in [5.41, 5.74) is 2.92. The van der Waals surface area contributed by atoms with Crippen molar-refractivity contribution in [2.24, 2.45) is 0 Å². The molecule has 0 aliphatic carbocycles. The summed E-state index contributed by atoms with van der Waals surface area (Å²) in [5.74, 6) is -0.514. The number of nitrogens with zero attached hydrogens (tertiary/aromatic N) is 2. The highest BCUT2D eigenvalue weighted by atomic mass is 19.1. The van der Waals surface area contributed by atoms with Gasteiger partial charge in [0.2, 0.25) is 0 Å². The monoisotopic (exact) mass is 283 g/mol. The predicted molar refractivity (Wildman–Crippen MR) is 79.6 cm³/mol. The summed E-state index contributed by atoms with van der Waals surface area (Å²) in [6.07, 6.45) is 3.28. The van der Waals surface area contributed by atoms with E-state index in [1.165, 1.54) is 6.07 Å². The van der Waals surface area contributed by atoms with Gasteiger partial charge in [0.15, 0.2) is 0 Å². The number of rotatable bonds is 3. The summed E-state index contributed by atoms with van der Waals surface area (Å²) in [6.45, 7) is 1.86. The molecule has 1 aromatic heterocycles. The molecule has 2 N–H and O–H groups in total. The second-order valence-corrected chi connectivity index (χ2v) is 4.83. The molecule has 4 nitrogen and oxygen atoms in total. The van der Waals surface area contributed by atoms with Gasteiger partial charge in [-0.1, -0.05) is 6.07 Å². The first-order valence-electron chi connectivity index (χ1n) is 6.59. The smallest absolute Gasteiger partial charge is 0.132 e. The van der Waals surface area contributed by atoms with Crippen molar-refractivity contribution in [1.29, 1.82) is 0 Å². The topological polar surface area (TPSA) is 58.0 Å². The second kappa shape index (κ2) is 5.36. The molecule has 0 saturated heterocycles. The molecule has 2 aromatic carbocycles. The molecule has 0 radical (unpaired) electrons. The Balaban J connectivity index is 1.87. The molecule has 21 heavy (non-hydrogen) atoms. The van der Waals surface area contributed by atoms with Crippen molar-refractivity contribution in [2.75, 3.05) is 5.32 Å². The van der Waals surface area contributed by atoms with Gasteiger partial charge in [-0.3, -0.25) is 9.97 Å². The van der Waals surface area contributed by atoms with Crippen molar-refractivity contribution >= 4 is 16.7 Å². The van der Waals surface area contributed by atoms with Gasteiger partial charge in [-0.05, 0) is 31.2 Å². The Kier molecular flexibility index (Phi) is 3.39. The van der Waals surface area contributed by atoms with Crippen molar-refractivity contribution < 1.29 is 9.50 Å². The quantitative estimate of drug-likeness (QED) is 0.770. The average Bonchev–Trinajstić information content (AvgIpc) is 2.47. The van der Waals surface area contributed by atoms with Gasteiger partial charge in [0, 0.05) is 29.7 Å². The van der Waals surface area contributed by atoms with Crippen LogP contribution in [0.2, 0.25) is 0 Å². The van der Waals surface area contributed by atoms with Crippen LogP contribution in [0.4, 0.5) is 10.1 Å². The summed E-state index contributed by atoms with van der Waals surface area (Å²) in [7, 11) is 0. The maximum absolute atomic E-state index is 13.8. The van der Waals surface area contributed by atoms with Crippen LogP contribution < -0.4 is 5.32 Å². The number of hydrogen-bond donors (Lipinski definition) is 2. The third kappa shape index (κ3) is 2.76. The largest absolute Gasteiger partial charge is 0.508 e. The number of halogens is 1. The van der Waals surface area contributed by atoms with Crippen molar-refractivity contribution in [3.05, 3.63) is 60.2 Å². The van der Waals surface area contributed by atoms with E-state index in [0.29, 0.717) is 5.56 Å². The first-order valence-corrected chi connectivity index (χ1v) is 6.59. The van der Waals surface area contributed by atoms with Gasteiger partial charge in [0.05, 0.1) is 17.1 Å². The predicted octanol–water partition coefficient (Wildman–Crippen LogP) is 3.65. The minimum absolute atomic E-state index is 0.0792. The van der Waals surface area contributed by atoms with Gasteiger partial charge in [0.1, 0.15) is 11.6 Å². The molecule has 0 fully saturated rings. The molecule has 1 heterocycles. The van der Waals surface area contributed by atoms with Crippen molar-refractivity contribution in [3.8, 4) is 5.75 Å². The summed E-state index contributed by atoms with van der Waals surface area (Å²) >= 11 is 0. The highest BCUT2D eigenvalue weighted by Crippen LogP contribution is 2.25. The second-order valence-electron chi connectivity index (χ2n) is 4.83. The van der Waals surface area contributed by atoms with Gasteiger partial charge >= 0.3 is 0 Å². The third-order valence-electron chi connectivity index (χ3n) is 3.30. The lowest BCUT2D eigenvalue weighted by molar-refractivity contribution is 0.467. The molecule has 0 aliphatic rings. The number of fused-ring (bicyclic) bond motifs is 1. The molecule has 0 bridgehead atoms. The number of aromatic hydroxyl groups is 1. The number of anilines is 1. The third-order valence-corrected chi connectivity index (χ3v) is 3.30. The Bertz CT molecular complexity index is 791. The van der Waals surface area contributed by atoms with Crippen LogP contribution in [-0.4, -0.2) is 15.1 Å². The van der Waals surface area contributed by atoms with Crippen LogP contribution in [0.1, 0.15) is 18.5 Å². The lowest BCUT2D eigenvalue weighted by Gasteiger charge is -2.16. The standard InChI is InChI=1S/C16H14FN3O/c1-10(13-4-3-12(21)9-14(13)17)20-11-2-5-15-16(8-11)19-7-6-18-15/h2-10,20-21H,1H3. The van der Waals surface area contributed by atoms with E-state index in [4.69, 9.17) is 0 Å². The highest BCUT2D eigenvalue weighted by Gasteiger charge is 2.11. The molecular formula is C16H14FN3O. The van der Waals surface area contributed by atoms with Crippen LogP contribution in [0.5, 0.6) is 5.75 Å². The Morgan fingerprint density at radius 2 is 1.81 bits per heavy atom. The molecular weight excluding hydrogens is 269 g/mol. The highest BCUT2D eigenvalue weighted by molar-refractivity contribution is 5.78. The Morgan fingerprint density at radius 1 is 1.05 bits per heavy atom. The molecule has 3 aromatic rings. The summed E-state index contributed by atoms with van der Waals surface area (Å²) in [5, 5.41) is 12.5. The summed E-state index contributed by atoms with van der Waals surface area (Å²) < 4.78 is 13.8. The fourth-order valence-corrected chi connectivity index (χ4v) is 2.25. The molecule has 0 saturated carbocycles. The van der Waals surface area contributed by atoms with E-state index in [0.717, 1.165) is 22.8 Å². The number of aromatic nitrogens is 2. The Morgan fingerprint density at radius 3 is 2.57 bits per heavy atom. The van der Waals surface area contributed by atoms with Crippen LogP contribution in [0, 0.1) is 5.82 Å². The zero-order valence-electron chi connectivity index (χ0n) is 11.4. The van der Waals surface area contributed by atoms with Gasteiger partial charge < -0.3 is 10.4 Å². The van der Waals surface area contributed by atoms with Crippen LogP contribution >= 0.6 is 0 Å². The average molecular weight is 283 g/mol. The van der Waals surface area contributed by atoms with Crippen LogP contribution in [-0.2, 0) is 0 Å². The lowest BCUT2D eigenvalue weighted by Crippen LogP contribution is -2.08. The van der Waals surface area contributed by atoms with E-state index in [-0.39, 0.29) is 11.8 Å². The maximum atomic E-state index is 13.8. The minimum Gasteiger partial charge on any atom is -0.508 e. The van der Waals surface area contributed by atoms with Crippen LogP contribution in [0.15, 0.2) is 48.8 Å². The summed E-state index contributed by atoms with van der Waals surface area (Å²) in [6, 6.07) is 9.54. The van der Waals surface area contributed by atoms with E-state index in [2.05, 4.69) is 15.3 Å². The normalized spacial score (nSPS) is 12.3. The molecule has 1 unspecified atom stereocenters. The number of phenols is 1. The molecule has 1 atom stereocenters. The van der Waals surface area contributed by atoms with E-state index < -0.39 is 5.82 Å². The van der Waals surface area contributed by atoms with E-state index >= 15 is 0 Å². The first-order chi connectivity index (χ1) is 10.1. The SMILES string of the molecule is CC(Nc1ccc2nccnc2c1)c1ccc(O)cc1F. The van der Waals surface area contributed by atoms with E-state index in [1.807, 2.05) is 25.1 Å². The van der Waals surface area contributed by atoms with Gasteiger partial charge in [-0.25, -0.2) is 4.39 Å².